The molecule has 2 rings (SSSR count). The second-order valence-electron chi connectivity index (χ2n) is 5.74. The number of rotatable bonds is 6. The van der Waals surface area contributed by atoms with Crippen LogP contribution in [0, 0.1) is 0 Å². The highest BCUT2D eigenvalue weighted by atomic mass is 16.2. The number of carbonyl (C=O) groups excluding carboxylic acids is 2. The Morgan fingerprint density at radius 1 is 1.41 bits per heavy atom. The molecule has 0 radical (unpaired) electrons. The SMILES string of the molecule is CCCN1CCNC(CC(=O)NC(C)c2ccccc2)C1=O. The van der Waals surface area contributed by atoms with Gasteiger partial charge in [-0.25, -0.2) is 0 Å². The van der Waals surface area contributed by atoms with Crippen LogP contribution in [-0.4, -0.2) is 42.4 Å². The summed E-state index contributed by atoms with van der Waals surface area (Å²) in [6.45, 7) is 6.24. The maximum atomic E-state index is 12.3. The Labute approximate surface area is 132 Å². The Morgan fingerprint density at radius 3 is 2.82 bits per heavy atom. The molecule has 5 nitrogen and oxygen atoms in total. The molecule has 0 spiro atoms. The van der Waals surface area contributed by atoms with Gasteiger partial charge in [-0.3, -0.25) is 9.59 Å². The van der Waals surface area contributed by atoms with Gasteiger partial charge in [0.05, 0.1) is 18.5 Å². The van der Waals surface area contributed by atoms with Gasteiger partial charge in [0.15, 0.2) is 0 Å². The lowest BCUT2D eigenvalue weighted by Gasteiger charge is -2.33. The Kier molecular flexibility index (Phi) is 5.95. The van der Waals surface area contributed by atoms with Gasteiger partial charge in [-0.2, -0.15) is 0 Å². The summed E-state index contributed by atoms with van der Waals surface area (Å²) in [5, 5.41) is 6.11. The van der Waals surface area contributed by atoms with E-state index < -0.39 is 6.04 Å². The van der Waals surface area contributed by atoms with Crippen LogP contribution in [0.2, 0.25) is 0 Å². The Bertz CT molecular complexity index is 502. The lowest BCUT2D eigenvalue weighted by molar-refractivity contribution is -0.138. The van der Waals surface area contributed by atoms with E-state index in [1.807, 2.05) is 42.2 Å². The van der Waals surface area contributed by atoms with Crippen LogP contribution in [0.3, 0.4) is 0 Å². The van der Waals surface area contributed by atoms with Crippen LogP contribution in [0.4, 0.5) is 0 Å². The van der Waals surface area contributed by atoms with Crippen molar-refractivity contribution in [3.63, 3.8) is 0 Å². The molecule has 2 N–H and O–H groups in total. The average molecular weight is 303 g/mol. The van der Waals surface area contributed by atoms with E-state index in [9.17, 15) is 9.59 Å². The van der Waals surface area contributed by atoms with E-state index in [4.69, 9.17) is 0 Å². The van der Waals surface area contributed by atoms with E-state index in [0.717, 1.165) is 31.6 Å². The van der Waals surface area contributed by atoms with Gasteiger partial charge in [-0.05, 0) is 18.9 Å². The second kappa shape index (κ2) is 7.94. The van der Waals surface area contributed by atoms with Crippen molar-refractivity contribution in [2.24, 2.45) is 0 Å². The van der Waals surface area contributed by atoms with E-state index >= 15 is 0 Å². The summed E-state index contributed by atoms with van der Waals surface area (Å²) in [6, 6.07) is 9.36. The lowest BCUT2D eigenvalue weighted by Crippen LogP contribution is -2.56. The molecule has 120 valence electrons. The molecular formula is C17H25N3O2. The van der Waals surface area contributed by atoms with Gasteiger partial charge in [0, 0.05) is 19.6 Å². The first-order valence-electron chi connectivity index (χ1n) is 7.98. The molecule has 2 unspecified atom stereocenters. The molecule has 1 aromatic rings. The summed E-state index contributed by atoms with van der Waals surface area (Å²) >= 11 is 0. The quantitative estimate of drug-likeness (QED) is 0.836. The number of nitrogens with one attached hydrogen (secondary N) is 2. The van der Waals surface area contributed by atoms with Crippen LogP contribution >= 0.6 is 0 Å². The minimum atomic E-state index is -0.400. The molecule has 1 aromatic carbocycles. The number of nitrogens with zero attached hydrogens (tertiary/aromatic N) is 1. The molecular weight excluding hydrogens is 278 g/mol. The molecule has 2 amide bonds. The normalized spacial score (nSPS) is 19.8. The van der Waals surface area contributed by atoms with Gasteiger partial charge >= 0.3 is 0 Å². The zero-order valence-electron chi connectivity index (χ0n) is 13.3. The largest absolute Gasteiger partial charge is 0.350 e. The van der Waals surface area contributed by atoms with Crippen molar-refractivity contribution >= 4 is 11.8 Å². The van der Waals surface area contributed by atoms with E-state index in [-0.39, 0.29) is 24.3 Å². The van der Waals surface area contributed by atoms with Crippen LogP contribution in [0.25, 0.3) is 0 Å². The van der Waals surface area contributed by atoms with E-state index in [1.54, 1.807) is 0 Å². The molecule has 0 bridgehead atoms. The third-order valence-electron chi connectivity index (χ3n) is 3.94. The molecule has 1 fully saturated rings. The first kappa shape index (κ1) is 16.5. The molecule has 0 saturated carbocycles. The molecule has 1 aliphatic rings. The van der Waals surface area contributed by atoms with Gasteiger partial charge in [0.25, 0.3) is 0 Å². The van der Waals surface area contributed by atoms with Crippen LogP contribution < -0.4 is 10.6 Å². The minimum Gasteiger partial charge on any atom is -0.350 e. The van der Waals surface area contributed by atoms with Crippen molar-refractivity contribution in [1.29, 1.82) is 0 Å². The molecule has 5 heteroatoms. The fraction of sp³-hybridized carbons (Fsp3) is 0.529. The van der Waals surface area contributed by atoms with Crippen LogP contribution in [0.5, 0.6) is 0 Å². The third kappa shape index (κ3) is 4.31. The number of carbonyl (C=O) groups is 2. The number of benzene rings is 1. The minimum absolute atomic E-state index is 0.0376. The van der Waals surface area contributed by atoms with E-state index in [2.05, 4.69) is 17.6 Å². The third-order valence-corrected chi connectivity index (χ3v) is 3.94. The predicted octanol–water partition coefficient (Wildman–Crippen LogP) is 1.46. The summed E-state index contributed by atoms with van der Waals surface area (Å²) in [7, 11) is 0. The predicted molar refractivity (Wildman–Crippen MR) is 86.3 cm³/mol. The highest BCUT2D eigenvalue weighted by Gasteiger charge is 2.29. The highest BCUT2D eigenvalue weighted by molar-refractivity contribution is 5.89. The standard InChI is InChI=1S/C17H25N3O2/c1-3-10-20-11-9-18-15(17(20)22)12-16(21)19-13(2)14-7-5-4-6-8-14/h4-8,13,15,18H,3,9-12H2,1-2H3,(H,19,21). The van der Waals surface area contributed by atoms with Gasteiger partial charge in [0.2, 0.25) is 11.8 Å². The monoisotopic (exact) mass is 303 g/mol. The van der Waals surface area contributed by atoms with Crippen LogP contribution in [0.1, 0.15) is 38.3 Å². The Balaban J connectivity index is 1.87. The lowest BCUT2D eigenvalue weighted by atomic mass is 10.1. The maximum absolute atomic E-state index is 12.3. The highest BCUT2D eigenvalue weighted by Crippen LogP contribution is 2.12. The first-order valence-corrected chi connectivity index (χ1v) is 7.98. The Morgan fingerprint density at radius 2 is 2.14 bits per heavy atom. The van der Waals surface area contributed by atoms with Crippen molar-refractivity contribution in [2.75, 3.05) is 19.6 Å². The molecule has 22 heavy (non-hydrogen) atoms. The zero-order chi connectivity index (χ0) is 15.9. The summed E-state index contributed by atoms with van der Waals surface area (Å²) < 4.78 is 0. The molecule has 1 heterocycles. The van der Waals surface area contributed by atoms with Gasteiger partial charge < -0.3 is 15.5 Å². The number of hydrogen-bond acceptors (Lipinski definition) is 3. The van der Waals surface area contributed by atoms with Crippen molar-refractivity contribution in [2.45, 2.75) is 38.8 Å². The molecule has 0 aromatic heterocycles. The summed E-state index contributed by atoms with van der Waals surface area (Å²) in [6.07, 6.45) is 1.13. The van der Waals surface area contributed by atoms with E-state index in [1.165, 1.54) is 0 Å². The smallest absolute Gasteiger partial charge is 0.240 e. The van der Waals surface area contributed by atoms with Crippen molar-refractivity contribution in [3.8, 4) is 0 Å². The molecule has 1 aliphatic heterocycles. The number of hydrogen-bond donors (Lipinski definition) is 2. The topological polar surface area (TPSA) is 61.4 Å². The van der Waals surface area contributed by atoms with Crippen molar-refractivity contribution in [1.82, 2.24) is 15.5 Å². The van der Waals surface area contributed by atoms with Gasteiger partial charge in [0.1, 0.15) is 0 Å². The van der Waals surface area contributed by atoms with E-state index in [0.29, 0.717) is 0 Å². The second-order valence-corrected chi connectivity index (χ2v) is 5.74. The first-order chi connectivity index (χ1) is 10.6. The number of amides is 2. The van der Waals surface area contributed by atoms with Crippen LogP contribution in [-0.2, 0) is 9.59 Å². The summed E-state index contributed by atoms with van der Waals surface area (Å²) in [5.74, 6) is -0.0591. The van der Waals surface area contributed by atoms with Crippen molar-refractivity contribution < 1.29 is 9.59 Å². The van der Waals surface area contributed by atoms with Crippen molar-refractivity contribution in [3.05, 3.63) is 35.9 Å². The zero-order valence-corrected chi connectivity index (χ0v) is 13.3. The fourth-order valence-electron chi connectivity index (χ4n) is 2.75. The number of piperazine rings is 1. The van der Waals surface area contributed by atoms with Crippen LogP contribution in [0.15, 0.2) is 30.3 Å². The average Bonchev–Trinajstić information content (AvgIpc) is 2.52. The molecule has 1 saturated heterocycles. The molecule has 0 aliphatic carbocycles. The summed E-state index contributed by atoms with van der Waals surface area (Å²) in [4.78, 5) is 26.3. The van der Waals surface area contributed by atoms with Gasteiger partial charge in [-0.1, -0.05) is 37.3 Å². The molecule has 2 atom stereocenters. The Hall–Kier alpha value is -1.88. The fourth-order valence-corrected chi connectivity index (χ4v) is 2.75. The maximum Gasteiger partial charge on any atom is 0.240 e. The summed E-state index contributed by atoms with van der Waals surface area (Å²) in [5.41, 5.74) is 1.06. The van der Waals surface area contributed by atoms with Gasteiger partial charge in [-0.15, -0.1) is 0 Å².